The molecule has 0 aliphatic carbocycles. The number of carbonyl (C=O) groups is 1. The third kappa shape index (κ3) is 2.46. The molecule has 18 heavy (non-hydrogen) atoms. The highest BCUT2D eigenvalue weighted by Crippen LogP contribution is 2.19. The summed E-state index contributed by atoms with van der Waals surface area (Å²) in [5.41, 5.74) is 5.23. The van der Waals surface area contributed by atoms with Crippen molar-refractivity contribution in [2.24, 2.45) is 11.7 Å². The summed E-state index contributed by atoms with van der Waals surface area (Å²) in [5, 5.41) is 0. The molecule has 2 N–H and O–H groups in total. The van der Waals surface area contributed by atoms with E-state index < -0.39 is 0 Å². The molecule has 0 spiro atoms. The Kier molecular flexibility index (Phi) is 3.41. The first-order valence-corrected chi connectivity index (χ1v) is 6.81. The molecule has 0 aromatic heterocycles. The van der Waals surface area contributed by atoms with Gasteiger partial charge < -0.3 is 20.3 Å². The van der Waals surface area contributed by atoms with Gasteiger partial charge in [0.1, 0.15) is 0 Å². The average Bonchev–Trinajstić information content (AvgIpc) is 2.32. The molecule has 0 unspecified atom stereocenters. The molecule has 0 aromatic rings. The van der Waals surface area contributed by atoms with Crippen molar-refractivity contribution in [3.63, 3.8) is 0 Å². The lowest BCUT2D eigenvalue weighted by atomic mass is 9.99. The number of hydrogen-bond acceptors (Lipinski definition) is 4. The van der Waals surface area contributed by atoms with Crippen LogP contribution >= 0.6 is 0 Å². The van der Waals surface area contributed by atoms with Gasteiger partial charge in [0.15, 0.2) is 0 Å². The highest BCUT2D eigenvalue weighted by molar-refractivity contribution is 5.72. The summed E-state index contributed by atoms with van der Waals surface area (Å²) in [5.74, 6) is 0.605. The summed E-state index contributed by atoms with van der Waals surface area (Å²) in [4.78, 5) is 17.7. The fourth-order valence-electron chi connectivity index (χ4n) is 3.21. The number of primary amides is 1. The van der Waals surface area contributed by atoms with Crippen LogP contribution in [0.3, 0.4) is 0 Å². The van der Waals surface area contributed by atoms with Crippen molar-refractivity contribution in [1.29, 1.82) is 0 Å². The lowest BCUT2D eigenvalue weighted by molar-refractivity contribution is -0.0507. The molecule has 2 amide bonds. The van der Waals surface area contributed by atoms with Crippen LogP contribution in [0.4, 0.5) is 4.79 Å². The summed E-state index contributed by atoms with van der Waals surface area (Å²) in [7, 11) is 0. The van der Waals surface area contributed by atoms with Crippen LogP contribution in [0.15, 0.2) is 0 Å². The van der Waals surface area contributed by atoms with E-state index in [1.54, 1.807) is 4.90 Å². The van der Waals surface area contributed by atoms with Crippen molar-refractivity contribution in [1.82, 2.24) is 14.7 Å². The number of ether oxygens (including phenoxy) is 1. The van der Waals surface area contributed by atoms with E-state index in [9.17, 15) is 4.79 Å². The van der Waals surface area contributed by atoms with Crippen molar-refractivity contribution < 1.29 is 9.53 Å². The van der Waals surface area contributed by atoms with Gasteiger partial charge in [-0.3, -0.25) is 4.90 Å². The normalized spacial score (nSPS) is 30.9. The molecule has 6 heteroatoms. The number of morpholine rings is 1. The molecule has 3 aliphatic heterocycles. The highest BCUT2D eigenvalue weighted by atomic mass is 16.5. The predicted octanol–water partition coefficient (Wildman–Crippen LogP) is -0.987. The number of likely N-dealkylation sites (tertiary alicyclic amines) is 1. The second kappa shape index (κ2) is 5.03. The summed E-state index contributed by atoms with van der Waals surface area (Å²) in [6, 6.07) is 0.288. The topological polar surface area (TPSA) is 62.0 Å². The van der Waals surface area contributed by atoms with E-state index in [0.29, 0.717) is 12.0 Å². The molecule has 0 saturated carbocycles. The molecule has 102 valence electrons. The van der Waals surface area contributed by atoms with Crippen LogP contribution in [0.25, 0.3) is 0 Å². The van der Waals surface area contributed by atoms with E-state index in [-0.39, 0.29) is 6.03 Å². The van der Waals surface area contributed by atoms with Crippen LogP contribution in [0, 0.1) is 5.92 Å². The number of fused-ring (bicyclic) bond motifs is 1. The molecular formula is C12H22N4O2. The number of hydrogen-bond donors (Lipinski definition) is 1. The maximum absolute atomic E-state index is 10.9. The SMILES string of the molecule is NC(=O)N1CC(CN2CCN3CCOC[C@@H]3C2)C1. The smallest absolute Gasteiger partial charge is 0.314 e. The Balaban J connectivity index is 1.43. The quantitative estimate of drug-likeness (QED) is 0.687. The molecular weight excluding hydrogens is 232 g/mol. The zero-order valence-electron chi connectivity index (χ0n) is 10.8. The number of amides is 2. The number of nitrogens with two attached hydrogens (primary N) is 1. The van der Waals surface area contributed by atoms with Crippen molar-refractivity contribution in [3.8, 4) is 0 Å². The van der Waals surface area contributed by atoms with Gasteiger partial charge in [0, 0.05) is 57.8 Å². The van der Waals surface area contributed by atoms with Gasteiger partial charge in [-0.25, -0.2) is 4.79 Å². The molecule has 3 heterocycles. The van der Waals surface area contributed by atoms with E-state index in [2.05, 4.69) is 9.80 Å². The zero-order chi connectivity index (χ0) is 12.5. The summed E-state index contributed by atoms with van der Waals surface area (Å²) in [6.45, 7) is 8.98. The molecule has 0 aromatic carbocycles. The maximum atomic E-state index is 10.9. The largest absolute Gasteiger partial charge is 0.378 e. The Morgan fingerprint density at radius 2 is 2.06 bits per heavy atom. The monoisotopic (exact) mass is 254 g/mol. The lowest BCUT2D eigenvalue weighted by Crippen LogP contribution is -2.61. The van der Waals surface area contributed by atoms with E-state index in [4.69, 9.17) is 10.5 Å². The fraction of sp³-hybridized carbons (Fsp3) is 0.917. The molecule has 6 nitrogen and oxygen atoms in total. The number of rotatable bonds is 2. The van der Waals surface area contributed by atoms with E-state index in [0.717, 1.165) is 59.0 Å². The second-order valence-corrected chi connectivity index (χ2v) is 5.63. The van der Waals surface area contributed by atoms with Crippen LogP contribution in [-0.4, -0.2) is 85.8 Å². The van der Waals surface area contributed by atoms with Crippen molar-refractivity contribution in [3.05, 3.63) is 0 Å². The molecule has 3 saturated heterocycles. The lowest BCUT2D eigenvalue weighted by Gasteiger charge is -2.46. The number of carbonyl (C=O) groups excluding carboxylic acids is 1. The average molecular weight is 254 g/mol. The van der Waals surface area contributed by atoms with Crippen LogP contribution in [0.2, 0.25) is 0 Å². The van der Waals surface area contributed by atoms with Gasteiger partial charge in [0.2, 0.25) is 0 Å². The molecule has 3 aliphatic rings. The van der Waals surface area contributed by atoms with Gasteiger partial charge in [-0.2, -0.15) is 0 Å². The van der Waals surface area contributed by atoms with Crippen LogP contribution in [0.5, 0.6) is 0 Å². The molecule has 1 atom stereocenters. The van der Waals surface area contributed by atoms with Gasteiger partial charge in [0.05, 0.1) is 13.2 Å². The summed E-state index contributed by atoms with van der Waals surface area (Å²) < 4.78 is 5.54. The number of piperazine rings is 1. The molecule has 3 rings (SSSR count). The van der Waals surface area contributed by atoms with E-state index >= 15 is 0 Å². The van der Waals surface area contributed by atoms with E-state index in [1.165, 1.54) is 0 Å². The number of nitrogens with zero attached hydrogens (tertiary/aromatic N) is 3. The summed E-state index contributed by atoms with van der Waals surface area (Å²) in [6.07, 6.45) is 0. The maximum Gasteiger partial charge on any atom is 0.314 e. The molecule has 3 fully saturated rings. The minimum absolute atomic E-state index is 0.281. The van der Waals surface area contributed by atoms with Gasteiger partial charge in [0.25, 0.3) is 0 Å². The fourth-order valence-corrected chi connectivity index (χ4v) is 3.21. The highest BCUT2D eigenvalue weighted by Gasteiger charge is 2.34. The van der Waals surface area contributed by atoms with Gasteiger partial charge >= 0.3 is 6.03 Å². The molecule has 0 bridgehead atoms. The van der Waals surface area contributed by atoms with Gasteiger partial charge in [-0.05, 0) is 0 Å². The number of urea groups is 1. The standard InChI is InChI=1S/C12H22N4O2/c13-12(17)16-6-10(7-16)5-14-1-2-15-3-4-18-9-11(15)8-14/h10-11H,1-9H2,(H2,13,17)/t11-/m0/s1. The van der Waals surface area contributed by atoms with Crippen molar-refractivity contribution in [2.75, 3.05) is 59.0 Å². The van der Waals surface area contributed by atoms with E-state index in [1.807, 2.05) is 0 Å². The summed E-state index contributed by atoms with van der Waals surface area (Å²) >= 11 is 0. The second-order valence-electron chi connectivity index (χ2n) is 5.63. The first-order valence-electron chi connectivity index (χ1n) is 6.81. The Morgan fingerprint density at radius 1 is 1.22 bits per heavy atom. The van der Waals surface area contributed by atoms with Crippen LogP contribution in [-0.2, 0) is 4.74 Å². The Hall–Kier alpha value is -0.850. The minimum atomic E-state index is -0.281. The third-order valence-electron chi connectivity index (χ3n) is 4.31. The predicted molar refractivity (Wildman–Crippen MR) is 67.3 cm³/mol. The van der Waals surface area contributed by atoms with Crippen molar-refractivity contribution in [2.45, 2.75) is 6.04 Å². The third-order valence-corrected chi connectivity index (χ3v) is 4.31. The molecule has 0 radical (unpaired) electrons. The van der Waals surface area contributed by atoms with Crippen LogP contribution in [0.1, 0.15) is 0 Å². The Bertz CT molecular complexity index is 319. The Labute approximate surface area is 108 Å². The first-order chi connectivity index (χ1) is 8.72. The zero-order valence-corrected chi connectivity index (χ0v) is 10.8. The van der Waals surface area contributed by atoms with Crippen LogP contribution < -0.4 is 5.73 Å². The first kappa shape index (κ1) is 12.2. The Morgan fingerprint density at radius 3 is 2.83 bits per heavy atom. The van der Waals surface area contributed by atoms with Crippen molar-refractivity contribution >= 4 is 6.03 Å². The van der Waals surface area contributed by atoms with Gasteiger partial charge in [-0.15, -0.1) is 0 Å². The van der Waals surface area contributed by atoms with Gasteiger partial charge in [-0.1, -0.05) is 0 Å². The minimum Gasteiger partial charge on any atom is -0.378 e.